The molecule has 0 radical (unpaired) electrons. The fraction of sp³-hybridized carbons (Fsp3) is 0.462. The van der Waals surface area contributed by atoms with E-state index in [2.05, 4.69) is 5.32 Å². The molecule has 1 atom stereocenters. The van der Waals surface area contributed by atoms with Gasteiger partial charge in [0, 0.05) is 34.3 Å². The summed E-state index contributed by atoms with van der Waals surface area (Å²) < 4.78 is 37.2. The number of hydrogen-bond acceptors (Lipinski definition) is 6. The van der Waals surface area contributed by atoms with Crippen LogP contribution in [0.15, 0.2) is 36.4 Å². The molecular formula is C26H33Cl2N3O6S. The summed E-state index contributed by atoms with van der Waals surface area (Å²) in [6, 6.07) is 8.67. The van der Waals surface area contributed by atoms with Gasteiger partial charge in [0.05, 0.1) is 26.2 Å². The summed E-state index contributed by atoms with van der Waals surface area (Å²) in [5.74, 6) is -0.285. The van der Waals surface area contributed by atoms with Gasteiger partial charge in [-0.05, 0) is 44.0 Å². The summed E-state index contributed by atoms with van der Waals surface area (Å²) in [7, 11) is -1.08. The molecule has 12 heteroatoms. The number of anilines is 1. The summed E-state index contributed by atoms with van der Waals surface area (Å²) in [5, 5.41) is 3.67. The third-order valence-corrected chi connectivity index (χ3v) is 8.43. The van der Waals surface area contributed by atoms with Crippen molar-refractivity contribution in [1.82, 2.24) is 10.2 Å². The van der Waals surface area contributed by atoms with Gasteiger partial charge in [-0.2, -0.15) is 0 Å². The predicted octanol–water partition coefficient (Wildman–Crippen LogP) is 4.25. The highest BCUT2D eigenvalue weighted by Gasteiger charge is 2.33. The Labute approximate surface area is 234 Å². The number of sulfonamides is 1. The molecule has 1 fully saturated rings. The van der Waals surface area contributed by atoms with Crippen molar-refractivity contribution in [3.8, 4) is 11.5 Å². The van der Waals surface area contributed by atoms with E-state index in [9.17, 15) is 18.0 Å². The highest BCUT2D eigenvalue weighted by atomic mass is 35.5. The summed E-state index contributed by atoms with van der Waals surface area (Å²) in [4.78, 5) is 28.3. The van der Waals surface area contributed by atoms with E-state index in [1.807, 2.05) is 0 Å². The fourth-order valence-electron chi connectivity index (χ4n) is 4.41. The first kappa shape index (κ1) is 29.9. The van der Waals surface area contributed by atoms with Crippen LogP contribution in [0.3, 0.4) is 0 Å². The maximum Gasteiger partial charge on any atom is 0.244 e. The van der Waals surface area contributed by atoms with Crippen LogP contribution in [0.1, 0.15) is 38.2 Å². The van der Waals surface area contributed by atoms with Gasteiger partial charge in [0.25, 0.3) is 0 Å². The molecule has 2 aromatic carbocycles. The number of methoxy groups -OCH3 is 2. The molecule has 1 N–H and O–H groups in total. The molecule has 208 valence electrons. The first-order valence-electron chi connectivity index (χ1n) is 12.2. The van der Waals surface area contributed by atoms with E-state index in [1.165, 1.54) is 31.3 Å². The van der Waals surface area contributed by atoms with Crippen molar-refractivity contribution in [3.05, 3.63) is 52.0 Å². The molecule has 1 aliphatic carbocycles. The zero-order valence-electron chi connectivity index (χ0n) is 21.9. The Bertz CT molecular complexity index is 1250. The van der Waals surface area contributed by atoms with E-state index < -0.39 is 28.5 Å². The average Bonchev–Trinajstić information content (AvgIpc) is 3.38. The monoisotopic (exact) mass is 585 g/mol. The Morgan fingerprint density at radius 3 is 2.26 bits per heavy atom. The lowest BCUT2D eigenvalue weighted by molar-refractivity contribution is -0.139. The minimum atomic E-state index is -3.94. The van der Waals surface area contributed by atoms with Crippen LogP contribution in [-0.4, -0.2) is 64.2 Å². The molecule has 0 bridgehead atoms. The van der Waals surface area contributed by atoms with E-state index >= 15 is 0 Å². The SMILES string of the molecule is COc1ccc(N(CC(=O)N(Cc2c(Cl)cccc2Cl)C(C)C(=O)NC2CCCC2)S(C)(=O)=O)c(OC)c1. The number of halogens is 2. The number of benzene rings is 2. The molecule has 0 aromatic heterocycles. The van der Waals surface area contributed by atoms with Crippen molar-refractivity contribution in [1.29, 1.82) is 0 Å². The van der Waals surface area contributed by atoms with Gasteiger partial charge in [-0.1, -0.05) is 42.1 Å². The lowest BCUT2D eigenvalue weighted by atomic mass is 10.1. The smallest absolute Gasteiger partial charge is 0.244 e. The normalized spacial score (nSPS) is 14.6. The van der Waals surface area contributed by atoms with Gasteiger partial charge in [-0.15, -0.1) is 0 Å². The van der Waals surface area contributed by atoms with Gasteiger partial charge in [0.1, 0.15) is 24.1 Å². The third-order valence-electron chi connectivity index (χ3n) is 6.59. The van der Waals surface area contributed by atoms with Crippen LogP contribution >= 0.6 is 23.2 Å². The van der Waals surface area contributed by atoms with Crippen molar-refractivity contribution in [2.24, 2.45) is 0 Å². The largest absolute Gasteiger partial charge is 0.497 e. The maximum atomic E-state index is 13.8. The van der Waals surface area contributed by atoms with Gasteiger partial charge in [-0.3, -0.25) is 13.9 Å². The molecule has 0 aliphatic heterocycles. The number of nitrogens with one attached hydrogen (secondary N) is 1. The standard InChI is InChI=1S/C26H33Cl2N3O6S/c1-17(26(33)29-18-8-5-6-9-18)30(15-20-21(27)10-7-11-22(20)28)25(32)16-31(38(4,34)35)23-13-12-19(36-2)14-24(23)37-3/h7,10-14,17-18H,5-6,8-9,15-16H2,1-4H3,(H,29,33). The second-order valence-electron chi connectivity index (χ2n) is 9.20. The Morgan fingerprint density at radius 2 is 1.71 bits per heavy atom. The summed E-state index contributed by atoms with van der Waals surface area (Å²) in [6.45, 7) is 0.935. The van der Waals surface area contributed by atoms with Crippen molar-refractivity contribution in [2.75, 3.05) is 31.3 Å². The molecule has 9 nitrogen and oxygen atoms in total. The molecule has 0 spiro atoms. The number of carbonyl (C=O) groups excluding carboxylic acids is 2. The molecule has 38 heavy (non-hydrogen) atoms. The second-order valence-corrected chi connectivity index (χ2v) is 11.9. The summed E-state index contributed by atoms with van der Waals surface area (Å²) in [6.07, 6.45) is 4.81. The zero-order chi connectivity index (χ0) is 28.0. The fourth-order valence-corrected chi connectivity index (χ4v) is 5.78. The minimum absolute atomic E-state index is 0.0434. The van der Waals surface area contributed by atoms with Crippen molar-refractivity contribution in [3.63, 3.8) is 0 Å². The van der Waals surface area contributed by atoms with E-state index in [4.69, 9.17) is 32.7 Å². The Kier molecular flexibility index (Phi) is 10.1. The van der Waals surface area contributed by atoms with E-state index in [-0.39, 0.29) is 29.9 Å². The number of hydrogen-bond donors (Lipinski definition) is 1. The summed E-state index contributed by atoms with van der Waals surface area (Å²) >= 11 is 12.8. The highest BCUT2D eigenvalue weighted by Crippen LogP contribution is 2.34. The van der Waals surface area contributed by atoms with Crippen LogP contribution < -0.4 is 19.1 Å². The molecule has 2 aromatic rings. The topological polar surface area (TPSA) is 105 Å². The minimum Gasteiger partial charge on any atom is -0.497 e. The van der Waals surface area contributed by atoms with E-state index in [0.717, 1.165) is 36.2 Å². The molecule has 2 amide bonds. The summed E-state index contributed by atoms with van der Waals surface area (Å²) in [5.41, 5.74) is 0.612. The molecule has 0 saturated heterocycles. The van der Waals surface area contributed by atoms with Crippen molar-refractivity contribution < 1.29 is 27.5 Å². The van der Waals surface area contributed by atoms with Crippen molar-refractivity contribution in [2.45, 2.75) is 51.2 Å². The van der Waals surface area contributed by atoms with Gasteiger partial charge in [0.2, 0.25) is 21.8 Å². The zero-order valence-corrected chi connectivity index (χ0v) is 24.2. The molecule has 1 saturated carbocycles. The molecule has 1 unspecified atom stereocenters. The van der Waals surface area contributed by atoms with Crippen LogP contribution in [0.2, 0.25) is 10.0 Å². The number of carbonyl (C=O) groups is 2. The Hall–Kier alpha value is -2.69. The molecular weight excluding hydrogens is 553 g/mol. The maximum absolute atomic E-state index is 13.8. The molecule has 1 aliphatic rings. The Balaban J connectivity index is 1.97. The average molecular weight is 587 g/mol. The van der Waals surface area contributed by atoms with Crippen LogP contribution in [0.5, 0.6) is 11.5 Å². The van der Waals surface area contributed by atoms with Gasteiger partial charge < -0.3 is 19.7 Å². The number of nitrogens with zero attached hydrogens (tertiary/aromatic N) is 2. The number of rotatable bonds is 11. The highest BCUT2D eigenvalue weighted by molar-refractivity contribution is 7.92. The molecule has 0 heterocycles. The number of amides is 2. The van der Waals surface area contributed by atoms with Crippen LogP contribution in [0.4, 0.5) is 5.69 Å². The van der Waals surface area contributed by atoms with Gasteiger partial charge >= 0.3 is 0 Å². The van der Waals surface area contributed by atoms with Crippen LogP contribution in [-0.2, 0) is 26.2 Å². The van der Waals surface area contributed by atoms with Crippen LogP contribution in [0.25, 0.3) is 0 Å². The first-order chi connectivity index (χ1) is 18.0. The molecule has 3 rings (SSSR count). The van der Waals surface area contributed by atoms with Crippen LogP contribution in [0, 0.1) is 0 Å². The van der Waals surface area contributed by atoms with Gasteiger partial charge in [0.15, 0.2) is 0 Å². The first-order valence-corrected chi connectivity index (χ1v) is 14.8. The van der Waals surface area contributed by atoms with Crippen molar-refractivity contribution >= 4 is 50.7 Å². The third kappa shape index (κ3) is 7.24. The van der Waals surface area contributed by atoms with E-state index in [0.29, 0.717) is 21.4 Å². The van der Waals surface area contributed by atoms with E-state index in [1.54, 1.807) is 31.2 Å². The number of ether oxygens (including phenoxy) is 2. The lowest BCUT2D eigenvalue weighted by Gasteiger charge is -2.32. The quantitative estimate of drug-likeness (QED) is 0.422. The predicted molar refractivity (Wildman–Crippen MR) is 149 cm³/mol. The van der Waals surface area contributed by atoms with Gasteiger partial charge in [-0.25, -0.2) is 8.42 Å². The Morgan fingerprint density at radius 1 is 1.08 bits per heavy atom. The lowest BCUT2D eigenvalue weighted by Crippen LogP contribution is -2.52. The second kappa shape index (κ2) is 12.9.